The minimum atomic E-state index is 0.0107. The summed E-state index contributed by atoms with van der Waals surface area (Å²) in [7, 11) is 1.61. The molecule has 1 aromatic carbocycles. The molecule has 2 unspecified atom stereocenters. The molecule has 3 N–H and O–H groups in total. The highest BCUT2D eigenvalue weighted by Crippen LogP contribution is 2.35. The lowest BCUT2D eigenvalue weighted by Crippen LogP contribution is -2.35. The average molecular weight is 355 g/mol. The highest BCUT2D eigenvalue weighted by molar-refractivity contribution is 9.10. The van der Waals surface area contributed by atoms with Gasteiger partial charge in [-0.25, -0.2) is 0 Å². The van der Waals surface area contributed by atoms with Crippen molar-refractivity contribution in [1.82, 2.24) is 0 Å². The molecule has 0 aromatic heterocycles. The zero-order valence-electron chi connectivity index (χ0n) is 12.6. The number of methoxy groups -OCH3 is 1. The van der Waals surface area contributed by atoms with Gasteiger partial charge in [-0.2, -0.15) is 0 Å². The van der Waals surface area contributed by atoms with Crippen LogP contribution in [-0.4, -0.2) is 19.6 Å². The number of hydrogen-bond acceptors (Lipinski definition) is 3. The van der Waals surface area contributed by atoms with Crippen LogP contribution in [0.2, 0.25) is 0 Å². The molecule has 1 saturated carbocycles. The first-order valence-electron chi connectivity index (χ1n) is 7.42. The molecule has 0 saturated heterocycles. The number of amides is 1. The van der Waals surface area contributed by atoms with Crippen LogP contribution in [0.5, 0.6) is 5.75 Å². The number of hydrogen-bond donors (Lipinski definition) is 2. The molecule has 0 bridgehead atoms. The van der Waals surface area contributed by atoms with Gasteiger partial charge in [-0.1, -0.05) is 28.8 Å². The van der Waals surface area contributed by atoms with E-state index in [1.54, 1.807) is 7.11 Å². The second-order valence-electron chi connectivity index (χ2n) is 5.68. The van der Waals surface area contributed by atoms with Gasteiger partial charge in [0.15, 0.2) is 0 Å². The number of nitrogens with two attached hydrogens (primary N) is 1. The standard InChI is InChI=1S/C16H23BrN2O2/c1-10-7-12(17)8-14(21-2)15(10)19-16(20)13-6-4-3-5-11(13)9-18/h7-8,11,13H,3-6,9,18H2,1-2H3,(H,19,20). The minimum Gasteiger partial charge on any atom is -0.495 e. The Morgan fingerprint density at radius 1 is 1.43 bits per heavy atom. The van der Waals surface area contributed by atoms with Crippen LogP contribution in [0.3, 0.4) is 0 Å². The van der Waals surface area contributed by atoms with E-state index in [2.05, 4.69) is 21.2 Å². The van der Waals surface area contributed by atoms with Crippen LogP contribution in [0.15, 0.2) is 16.6 Å². The summed E-state index contributed by atoms with van der Waals surface area (Å²) < 4.78 is 6.32. The fourth-order valence-corrected chi connectivity index (χ4v) is 3.64. The van der Waals surface area contributed by atoms with E-state index < -0.39 is 0 Å². The lowest BCUT2D eigenvalue weighted by molar-refractivity contribution is -0.122. The van der Waals surface area contributed by atoms with Crippen LogP contribution in [0.1, 0.15) is 31.2 Å². The Bertz CT molecular complexity index is 519. The summed E-state index contributed by atoms with van der Waals surface area (Å²) in [6, 6.07) is 3.84. The first-order valence-corrected chi connectivity index (χ1v) is 8.21. The maximum absolute atomic E-state index is 12.6. The summed E-state index contributed by atoms with van der Waals surface area (Å²) in [5.41, 5.74) is 7.56. The van der Waals surface area contributed by atoms with Crippen molar-refractivity contribution >= 4 is 27.5 Å². The molecule has 5 heteroatoms. The Balaban J connectivity index is 2.19. The van der Waals surface area contributed by atoms with E-state index in [-0.39, 0.29) is 11.8 Å². The summed E-state index contributed by atoms with van der Waals surface area (Å²) in [5.74, 6) is 1.04. The monoisotopic (exact) mass is 354 g/mol. The Hall–Kier alpha value is -1.07. The molecule has 116 valence electrons. The van der Waals surface area contributed by atoms with Gasteiger partial charge >= 0.3 is 0 Å². The Morgan fingerprint density at radius 3 is 2.81 bits per heavy atom. The van der Waals surface area contributed by atoms with E-state index in [4.69, 9.17) is 10.5 Å². The quantitative estimate of drug-likeness (QED) is 0.869. The summed E-state index contributed by atoms with van der Waals surface area (Å²) in [4.78, 5) is 12.6. The van der Waals surface area contributed by atoms with Crippen LogP contribution in [-0.2, 0) is 4.79 Å². The molecule has 1 aromatic rings. The van der Waals surface area contributed by atoms with Crippen LogP contribution < -0.4 is 15.8 Å². The molecule has 1 fully saturated rings. The number of carbonyl (C=O) groups excluding carboxylic acids is 1. The van der Waals surface area contributed by atoms with Crippen molar-refractivity contribution in [3.63, 3.8) is 0 Å². The van der Waals surface area contributed by atoms with Crippen molar-refractivity contribution in [1.29, 1.82) is 0 Å². The average Bonchev–Trinajstić information content (AvgIpc) is 2.49. The van der Waals surface area contributed by atoms with Crippen molar-refractivity contribution < 1.29 is 9.53 Å². The van der Waals surface area contributed by atoms with Gasteiger partial charge in [0.1, 0.15) is 5.75 Å². The predicted molar refractivity (Wildman–Crippen MR) is 88.6 cm³/mol. The van der Waals surface area contributed by atoms with Crippen molar-refractivity contribution in [3.05, 3.63) is 22.2 Å². The fourth-order valence-electron chi connectivity index (χ4n) is 3.08. The number of anilines is 1. The summed E-state index contributed by atoms with van der Waals surface area (Å²) in [6.07, 6.45) is 4.24. The van der Waals surface area contributed by atoms with E-state index in [0.29, 0.717) is 18.2 Å². The third kappa shape index (κ3) is 3.77. The third-order valence-corrected chi connectivity index (χ3v) is 4.74. The molecule has 0 radical (unpaired) electrons. The molecular formula is C16H23BrN2O2. The van der Waals surface area contributed by atoms with Gasteiger partial charge in [-0.05, 0) is 49.9 Å². The van der Waals surface area contributed by atoms with E-state index >= 15 is 0 Å². The second kappa shape index (κ2) is 7.27. The number of halogens is 1. The maximum atomic E-state index is 12.6. The first kappa shape index (κ1) is 16.3. The third-order valence-electron chi connectivity index (χ3n) is 4.28. The first-order chi connectivity index (χ1) is 10.1. The Kier molecular flexibility index (Phi) is 5.65. The van der Waals surface area contributed by atoms with Gasteiger partial charge in [-0.3, -0.25) is 4.79 Å². The van der Waals surface area contributed by atoms with Gasteiger partial charge in [0.25, 0.3) is 0 Å². The highest BCUT2D eigenvalue weighted by Gasteiger charge is 2.30. The SMILES string of the molecule is COc1cc(Br)cc(C)c1NC(=O)C1CCCCC1CN. The molecule has 2 atom stereocenters. The highest BCUT2D eigenvalue weighted by atomic mass is 79.9. The summed E-state index contributed by atoms with van der Waals surface area (Å²) >= 11 is 3.44. The molecule has 4 nitrogen and oxygen atoms in total. The number of aryl methyl sites for hydroxylation is 1. The van der Waals surface area contributed by atoms with Crippen LogP contribution in [0.4, 0.5) is 5.69 Å². The zero-order chi connectivity index (χ0) is 15.4. The molecule has 0 aliphatic heterocycles. The van der Waals surface area contributed by atoms with Crippen molar-refractivity contribution in [2.45, 2.75) is 32.6 Å². The lowest BCUT2D eigenvalue weighted by Gasteiger charge is -2.30. The molecular weight excluding hydrogens is 332 g/mol. The topological polar surface area (TPSA) is 64.3 Å². The lowest BCUT2D eigenvalue weighted by atomic mass is 9.78. The number of nitrogens with one attached hydrogen (secondary N) is 1. The smallest absolute Gasteiger partial charge is 0.227 e. The molecule has 0 spiro atoms. The number of carbonyl (C=O) groups is 1. The molecule has 21 heavy (non-hydrogen) atoms. The predicted octanol–water partition coefficient (Wildman–Crippen LogP) is 3.47. The van der Waals surface area contributed by atoms with E-state index in [9.17, 15) is 4.79 Å². The summed E-state index contributed by atoms with van der Waals surface area (Å²) in [5, 5.41) is 3.05. The van der Waals surface area contributed by atoms with E-state index in [1.807, 2.05) is 19.1 Å². The summed E-state index contributed by atoms with van der Waals surface area (Å²) in [6.45, 7) is 2.54. The van der Waals surface area contributed by atoms with Crippen molar-refractivity contribution in [2.24, 2.45) is 17.6 Å². The molecule has 2 rings (SSSR count). The van der Waals surface area contributed by atoms with Crippen LogP contribution >= 0.6 is 15.9 Å². The Labute approximate surface area is 134 Å². The number of benzene rings is 1. The number of rotatable bonds is 4. The van der Waals surface area contributed by atoms with Gasteiger partial charge in [0.2, 0.25) is 5.91 Å². The minimum absolute atomic E-state index is 0.0107. The fraction of sp³-hybridized carbons (Fsp3) is 0.562. The largest absolute Gasteiger partial charge is 0.495 e. The normalized spacial score (nSPS) is 21.9. The molecule has 1 amide bonds. The number of ether oxygens (including phenoxy) is 1. The van der Waals surface area contributed by atoms with Crippen molar-refractivity contribution in [3.8, 4) is 5.75 Å². The Morgan fingerprint density at radius 2 is 2.14 bits per heavy atom. The van der Waals surface area contributed by atoms with Crippen LogP contribution in [0, 0.1) is 18.8 Å². The van der Waals surface area contributed by atoms with Gasteiger partial charge in [0, 0.05) is 10.4 Å². The zero-order valence-corrected chi connectivity index (χ0v) is 14.2. The van der Waals surface area contributed by atoms with E-state index in [0.717, 1.165) is 35.0 Å². The maximum Gasteiger partial charge on any atom is 0.227 e. The second-order valence-corrected chi connectivity index (χ2v) is 6.59. The molecule has 0 heterocycles. The van der Waals surface area contributed by atoms with Gasteiger partial charge in [-0.15, -0.1) is 0 Å². The van der Waals surface area contributed by atoms with Crippen LogP contribution in [0.25, 0.3) is 0 Å². The van der Waals surface area contributed by atoms with Gasteiger partial charge in [0.05, 0.1) is 12.8 Å². The van der Waals surface area contributed by atoms with E-state index in [1.165, 1.54) is 6.42 Å². The van der Waals surface area contributed by atoms with Gasteiger partial charge < -0.3 is 15.8 Å². The van der Waals surface area contributed by atoms with Crippen molar-refractivity contribution in [2.75, 3.05) is 19.0 Å². The molecule has 1 aliphatic rings. The molecule has 1 aliphatic carbocycles.